The van der Waals surface area contributed by atoms with E-state index < -0.39 is 0 Å². The van der Waals surface area contributed by atoms with E-state index >= 15 is 0 Å². The molecule has 0 bridgehead atoms. The van der Waals surface area contributed by atoms with Crippen molar-refractivity contribution >= 4 is 0 Å². The molecule has 0 aromatic carbocycles. The maximum absolute atomic E-state index is 5.78. The first-order valence-electron chi connectivity index (χ1n) is 8.13. The van der Waals surface area contributed by atoms with E-state index in [2.05, 4.69) is 37.9 Å². The second kappa shape index (κ2) is 7.05. The summed E-state index contributed by atoms with van der Waals surface area (Å²) in [5.74, 6) is 2.32. The minimum absolute atomic E-state index is 0.644. The molecule has 2 unspecified atom stereocenters. The van der Waals surface area contributed by atoms with Gasteiger partial charge >= 0.3 is 0 Å². The summed E-state index contributed by atoms with van der Waals surface area (Å²) in [6, 6.07) is 1.41. The molecule has 1 aliphatic heterocycles. The zero-order valence-electron chi connectivity index (χ0n) is 13.2. The molecular formula is C16H32N2O. The predicted molar refractivity (Wildman–Crippen MR) is 80.4 cm³/mol. The number of rotatable bonds is 7. The molecule has 3 nitrogen and oxygen atoms in total. The SMILES string of the molecule is CC(C)COCCN1CC(C(C)C)NCC1C1CC1. The van der Waals surface area contributed by atoms with Crippen LogP contribution in [0, 0.1) is 17.8 Å². The lowest BCUT2D eigenvalue weighted by atomic mass is 9.97. The first-order chi connectivity index (χ1) is 9.08. The predicted octanol–water partition coefficient (Wildman–Crippen LogP) is 2.37. The Bertz CT molecular complexity index is 263. The molecule has 1 saturated heterocycles. The van der Waals surface area contributed by atoms with Gasteiger partial charge in [0.2, 0.25) is 0 Å². The van der Waals surface area contributed by atoms with E-state index in [1.54, 1.807) is 0 Å². The zero-order valence-corrected chi connectivity index (χ0v) is 13.2. The molecule has 0 spiro atoms. The Balaban J connectivity index is 1.78. The number of piperazine rings is 1. The van der Waals surface area contributed by atoms with Crippen LogP contribution >= 0.6 is 0 Å². The Morgan fingerprint density at radius 3 is 2.53 bits per heavy atom. The lowest BCUT2D eigenvalue weighted by Gasteiger charge is -2.42. The van der Waals surface area contributed by atoms with E-state index in [4.69, 9.17) is 4.74 Å². The van der Waals surface area contributed by atoms with Crippen LogP contribution in [-0.4, -0.2) is 49.8 Å². The average Bonchev–Trinajstić information content (AvgIpc) is 3.18. The van der Waals surface area contributed by atoms with Crippen molar-refractivity contribution in [3.63, 3.8) is 0 Å². The molecular weight excluding hydrogens is 236 g/mol. The van der Waals surface area contributed by atoms with Crippen molar-refractivity contribution in [1.82, 2.24) is 10.2 Å². The quantitative estimate of drug-likeness (QED) is 0.718. The van der Waals surface area contributed by atoms with Crippen LogP contribution in [0.2, 0.25) is 0 Å². The second-order valence-electron chi connectivity index (χ2n) is 7.13. The molecule has 2 rings (SSSR count). The van der Waals surface area contributed by atoms with E-state index in [-0.39, 0.29) is 0 Å². The lowest BCUT2D eigenvalue weighted by molar-refractivity contribution is 0.0438. The molecule has 1 N–H and O–H groups in total. The summed E-state index contributed by atoms with van der Waals surface area (Å²) < 4.78 is 5.78. The Labute approximate surface area is 119 Å². The van der Waals surface area contributed by atoms with Crippen molar-refractivity contribution < 1.29 is 4.74 Å². The largest absolute Gasteiger partial charge is 0.380 e. The van der Waals surface area contributed by atoms with Gasteiger partial charge in [0.25, 0.3) is 0 Å². The van der Waals surface area contributed by atoms with Gasteiger partial charge in [0.15, 0.2) is 0 Å². The summed E-state index contributed by atoms with van der Waals surface area (Å²) in [6.45, 7) is 14.4. The van der Waals surface area contributed by atoms with Crippen LogP contribution in [0.1, 0.15) is 40.5 Å². The molecule has 0 aromatic rings. The standard InChI is InChI=1S/C16H32N2O/c1-12(2)11-19-8-7-18-10-15(13(3)4)17-9-16(18)14-5-6-14/h12-17H,5-11H2,1-4H3. The summed E-state index contributed by atoms with van der Waals surface area (Å²) in [4.78, 5) is 2.69. The molecule has 0 radical (unpaired) electrons. The highest BCUT2D eigenvalue weighted by molar-refractivity contribution is 4.95. The summed E-state index contributed by atoms with van der Waals surface area (Å²) in [5.41, 5.74) is 0. The third-order valence-corrected chi connectivity index (χ3v) is 4.43. The van der Waals surface area contributed by atoms with Crippen LogP contribution in [0.25, 0.3) is 0 Å². The van der Waals surface area contributed by atoms with Gasteiger partial charge in [0, 0.05) is 38.3 Å². The Morgan fingerprint density at radius 1 is 1.21 bits per heavy atom. The van der Waals surface area contributed by atoms with Gasteiger partial charge in [0.05, 0.1) is 6.61 Å². The third-order valence-electron chi connectivity index (χ3n) is 4.43. The highest BCUT2D eigenvalue weighted by Gasteiger charge is 2.38. The Hall–Kier alpha value is -0.120. The molecule has 19 heavy (non-hydrogen) atoms. The van der Waals surface area contributed by atoms with Gasteiger partial charge in [-0.1, -0.05) is 27.7 Å². The number of nitrogens with one attached hydrogen (secondary N) is 1. The molecule has 3 heteroatoms. The minimum atomic E-state index is 0.644. The van der Waals surface area contributed by atoms with E-state index in [9.17, 15) is 0 Å². The molecule has 1 saturated carbocycles. The van der Waals surface area contributed by atoms with E-state index in [0.717, 1.165) is 37.6 Å². The minimum Gasteiger partial charge on any atom is -0.380 e. The fraction of sp³-hybridized carbons (Fsp3) is 1.00. The van der Waals surface area contributed by atoms with Gasteiger partial charge in [-0.3, -0.25) is 4.90 Å². The average molecular weight is 268 g/mol. The first kappa shape index (κ1) is 15.3. The fourth-order valence-electron chi connectivity index (χ4n) is 3.00. The molecule has 2 aliphatic rings. The van der Waals surface area contributed by atoms with Crippen LogP contribution < -0.4 is 5.32 Å². The van der Waals surface area contributed by atoms with E-state index in [1.807, 2.05) is 0 Å². The van der Waals surface area contributed by atoms with Crippen LogP contribution in [0.3, 0.4) is 0 Å². The third kappa shape index (κ3) is 4.73. The second-order valence-corrected chi connectivity index (χ2v) is 7.13. The molecule has 1 heterocycles. The molecule has 2 fully saturated rings. The van der Waals surface area contributed by atoms with Gasteiger partial charge in [-0.15, -0.1) is 0 Å². The Morgan fingerprint density at radius 2 is 1.95 bits per heavy atom. The van der Waals surface area contributed by atoms with Crippen molar-refractivity contribution in [3.05, 3.63) is 0 Å². The maximum atomic E-state index is 5.78. The van der Waals surface area contributed by atoms with Crippen LogP contribution in [-0.2, 0) is 4.74 Å². The van der Waals surface area contributed by atoms with Crippen LogP contribution in [0.15, 0.2) is 0 Å². The summed E-state index contributed by atoms with van der Waals surface area (Å²) in [6.07, 6.45) is 2.87. The number of hydrogen-bond donors (Lipinski definition) is 1. The van der Waals surface area contributed by atoms with Crippen LogP contribution in [0.5, 0.6) is 0 Å². The Kier molecular flexibility index (Phi) is 5.67. The number of nitrogens with zero attached hydrogens (tertiary/aromatic N) is 1. The highest BCUT2D eigenvalue weighted by atomic mass is 16.5. The molecule has 112 valence electrons. The summed E-state index contributed by atoms with van der Waals surface area (Å²) in [5, 5.41) is 3.75. The summed E-state index contributed by atoms with van der Waals surface area (Å²) in [7, 11) is 0. The number of hydrogen-bond acceptors (Lipinski definition) is 3. The van der Waals surface area contributed by atoms with Gasteiger partial charge in [-0.2, -0.15) is 0 Å². The van der Waals surface area contributed by atoms with Crippen molar-refractivity contribution in [1.29, 1.82) is 0 Å². The number of ether oxygens (including phenoxy) is 1. The van der Waals surface area contributed by atoms with Gasteiger partial charge in [-0.25, -0.2) is 0 Å². The summed E-state index contributed by atoms with van der Waals surface area (Å²) >= 11 is 0. The molecule has 0 amide bonds. The highest BCUT2D eigenvalue weighted by Crippen LogP contribution is 2.36. The molecule has 1 aliphatic carbocycles. The van der Waals surface area contributed by atoms with Crippen molar-refractivity contribution in [2.75, 3.05) is 32.8 Å². The first-order valence-corrected chi connectivity index (χ1v) is 8.13. The maximum Gasteiger partial charge on any atom is 0.0593 e. The van der Waals surface area contributed by atoms with Gasteiger partial charge in [0.1, 0.15) is 0 Å². The van der Waals surface area contributed by atoms with Gasteiger partial charge < -0.3 is 10.1 Å². The van der Waals surface area contributed by atoms with Crippen molar-refractivity contribution in [2.24, 2.45) is 17.8 Å². The topological polar surface area (TPSA) is 24.5 Å². The van der Waals surface area contributed by atoms with Crippen LogP contribution in [0.4, 0.5) is 0 Å². The molecule has 0 aromatic heterocycles. The lowest BCUT2D eigenvalue weighted by Crippen LogP contribution is -2.59. The fourth-order valence-corrected chi connectivity index (χ4v) is 3.00. The van der Waals surface area contributed by atoms with E-state index in [0.29, 0.717) is 12.0 Å². The zero-order chi connectivity index (χ0) is 13.8. The monoisotopic (exact) mass is 268 g/mol. The van der Waals surface area contributed by atoms with E-state index in [1.165, 1.54) is 25.9 Å². The normalized spacial score (nSPS) is 29.4. The van der Waals surface area contributed by atoms with Gasteiger partial charge in [-0.05, 0) is 30.6 Å². The van der Waals surface area contributed by atoms with Crippen molar-refractivity contribution in [3.8, 4) is 0 Å². The van der Waals surface area contributed by atoms with Crippen molar-refractivity contribution in [2.45, 2.75) is 52.6 Å². The molecule has 2 atom stereocenters. The smallest absolute Gasteiger partial charge is 0.0593 e.